The summed E-state index contributed by atoms with van der Waals surface area (Å²) in [6.45, 7) is 2.10. The number of hydrogen-bond acceptors (Lipinski definition) is 2. The number of nitrogens with zero attached hydrogens (tertiary/aromatic N) is 1. The zero-order chi connectivity index (χ0) is 12.1. The monoisotopic (exact) mass is 226 g/mol. The summed E-state index contributed by atoms with van der Waals surface area (Å²) >= 11 is 0. The molecule has 2 rings (SSSR count). The third-order valence-corrected chi connectivity index (χ3v) is 2.82. The van der Waals surface area contributed by atoms with Crippen molar-refractivity contribution in [1.29, 1.82) is 0 Å². The highest BCUT2D eigenvalue weighted by atomic mass is 15.2. The molecule has 2 aromatic rings. The van der Waals surface area contributed by atoms with Crippen molar-refractivity contribution in [3.63, 3.8) is 0 Å². The van der Waals surface area contributed by atoms with E-state index in [9.17, 15) is 0 Å². The fourth-order valence-corrected chi connectivity index (χ4v) is 1.89. The molecule has 1 atom stereocenters. The summed E-state index contributed by atoms with van der Waals surface area (Å²) in [6, 6.07) is 20.5. The first kappa shape index (κ1) is 11.7. The first-order valence-corrected chi connectivity index (χ1v) is 5.98. The van der Waals surface area contributed by atoms with Gasteiger partial charge in [0, 0.05) is 11.4 Å². The van der Waals surface area contributed by atoms with Crippen LogP contribution in [0.4, 0.5) is 11.4 Å². The quantitative estimate of drug-likeness (QED) is 0.808. The summed E-state index contributed by atoms with van der Waals surface area (Å²) in [6.07, 6.45) is 0.906. The van der Waals surface area contributed by atoms with Crippen molar-refractivity contribution in [3.05, 3.63) is 60.7 Å². The van der Waals surface area contributed by atoms with Crippen LogP contribution in [0.3, 0.4) is 0 Å². The molecule has 0 aromatic heterocycles. The van der Waals surface area contributed by atoms with E-state index in [1.165, 1.54) is 0 Å². The summed E-state index contributed by atoms with van der Waals surface area (Å²) < 4.78 is 0. The summed E-state index contributed by atoms with van der Waals surface area (Å²) in [4.78, 5) is 2.17. The minimum atomic E-state index is -0.000185. The molecule has 0 aliphatic rings. The molecule has 88 valence electrons. The maximum Gasteiger partial charge on any atom is 0.0817 e. The number of rotatable bonds is 4. The number of benzene rings is 2. The second-order valence-electron chi connectivity index (χ2n) is 4.02. The van der Waals surface area contributed by atoms with Crippen LogP contribution in [-0.4, -0.2) is 6.17 Å². The third-order valence-electron chi connectivity index (χ3n) is 2.82. The van der Waals surface area contributed by atoms with Gasteiger partial charge in [-0.1, -0.05) is 43.3 Å². The van der Waals surface area contributed by atoms with Crippen LogP contribution in [0.1, 0.15) is 13.3 Å². The molecule has 0 aliphatic heterocycles. The van der Waals surface area contributed by atoms with Crippen LogP contribution < -0.4 is 10.6 Å². The topological polar surface area (TPSA) is 29.3 Å². The van der Waals surface area contributed by atoms with Gasteiger partial charge in [-0.3, -0.25) is 0 Å². The fraction of sp³-hybridized carbons (Fsp3) is 0.200. The van der Waals surface area contributed by atoms with Gasteiger partial charge in [0.2, 0.25) is 0 Å². The normalized spacial score (nSPS) is 12.1. The lowest BCUT2D eigenvalue weighted by atomic mass is 10.2. The molecule has 0 saturated heterocycles. The smallest absolute Gasteiger partial charge is 0.0817 e. The van der Waals surface area contributed by atoms with Crippen LogP contribution in [0.2, 0.25) is 0 Å². The molecule has 0 amide bonds. The number of para-hydroxylation sites is 2. The molecule has 1 unspecified atom stereocenters. The minimum absolute atomic E-state index is 0.000185. The second kappa shape index (κ2) is 5.51. The molecule has 0 aliphatic carbocycles. The molecule has 0 spiro atoms. The first-order valence-electron chi connectivity index (χ1n) is 5.98. The van der Waals surface area contributed by atoms with Gasteiger partial charge in [-0.2, -0.15) is 0 Å². The Hall–Kier alpha value is -1.80. The lowest BCUT2D eigenvalue weighted by Crippen LogP contribution is -2.38. The highest BCUT2D eigenvalue weighted by Gasteiger charge is 2.14. The molecular weight excluding hydrogens is 208 g/mol. The Kier molecular flexibility index (Phi) is 3.78. The maximum absolute atomic E-state index is 6.21. The fourth-order valence-electron chi connectivity index (χ4n) is 1.89. The Morgan fingerprint density at radius 1 is 0.882 bits per heavy atom. The molecule has 17 heavy (non-hydrogen) atoms. The van der Waals surface area contributed by atoms with Crippen molar-refractivity contribution in [2.75, 3.05) is 4.90 Å². The van der Waals surface area contributed by atoms with Crippen LogP contribution >= 0.6 is 0 Å². The number of nitrogens with two attached hydrogens (primary N) is 1. The zero-order valence-corrected chi connectivity index (χ0v) is 10.1. The van der Waals surface area contributed by atoms with Crippen molar-refractivity contribution in [2.45, 2.75) is 19.5 Å². The molecule has 0 saturated carbocycles. The van der Waals surface area contributed by atoms with Crippen LogP contribution in [-0.2, 0) is 0 Å². The SMILES string of the molecule is CCC(N)N(c1ccccc1)c1ccccc1. The van der Waals surface area contributed by atoms with E-state index in [1.54, 1.807) is 0 Å². The van der Waals surface area contributed by atoms with Crippen molar-refractivity contribution in [1.82, 2.24) is 0 Å². The van der Waals surface area contributed by atoms with Crippen LogP contribution in [0, 0.1) is 0 Å². The van der Waals surface area contributed by atoms with Crippen molar-refractivity contribution in [3.8, 4) is 0 Å². The van der Waals surface area contributed by atoms with E-state index >= 15 is 0 Å². The van der Waals surface area contributed by atoms with E-state index in [4.69, 9.17) is 5.73 Å². The average molecular weight is 226 g/mol. The predicted molar refractivity (Wildman–Crippen MR) is 73.3 cm³/mol. The van der Waals surface area contributed by atoms with Crippen molar-refractivity contribution >= 4 is 11.4 Å². The van der Waals surface area contributed by atoms with Gasteiger partial charge in [0.05, 0.1) is 6.17 Å². The lowest BCUT2D eigenvalue weighted by Gasteiger charge is -2.30. The Bertz CT molecular complexity index is 399. The molecule has 2 heteroatoms. The molecule has 2 aromatic carbocycles. The lowest BCUT2D eigenvalue weighted by molar-refractivity contribution is 0.658. The van der Waals surface area contributed by atoms with Gasteiger partial charge in [0.15, 0.2) is 0 Å². The maximum atomic E-state index is 6.21. The Labute approximate surface area is 103 Å². The molecule has 0 radical (unpaired) electrons. The number of anilines is 2. The van der Waals surface area contributed by atoms with E-state index in [0.29, 0.717) is 0 Å². The predicted octanol–water partition coefficient (Wildman–Crippen LogP) is 3.52. The largest absolute Gasteiger partial charge is 0.326 e. The Morgan fingerprint density at radius 3 is 1.65 bits per heavy atom. The van der Waals surface area contributed by atoms with Crippen molar-refractivity contribution in [2.24, 2.45) is 5.73 Å². The minimum Gasteiger partial charge on any atom is -0.326 e. The first-order chi connectivity index (χ1) is 8.33. The van der Waals surface area contributed by atoms with Crippen LogP contribution in [0.15, 0.2) is 60.7 Å². The van der Waals surface area contributed by atoms with Gasteiger partial charge < -0.3 is 10.6 Å². The molecule has 0 bridgehead atoms. The van der Waals surface area contributed by atoms with E-state index in [-0.39, 0.29) is 6.17 Å². The highest BCUT2D eigenvalue weighted by molar-refractivity contribution is 5.63. The molecule has 0 heterocycles. The van der Waals surface area contributed by atoms with Crippen molar-refractivity contribution < 1.29 is 0 Å². The van der Waals surface area contributed by atoms with Crippen LogP contribution in [0.25, 0.3) is 0 Å². The Balaban J connectivity index is 2.39. The molecule has 2 nitrogen and oxygen atoms in total. The molecular formula is C15H18N2. The van der Waals surface area contributed by atoms with Gasteiger partial charge in [0.1, 0.15) is 0 Å². The van der Waals surface area contributed by atoms with Gasteiger partial charge in [0.25, 0.3) is 0 Å². The zero-order valence-electron chi connectivity index (χ0n) is 10.1. The van der Waals surface area contributed by atoms with E-state index in [2.05, 4.69) is 36.1 Å². The Morgan fingerprint density at radius 2 is 1.29 bits per heavy atom. The summed E-state index contributed by atoms with van der Waals surface area (Å²) in [5.41, 5.74) is 8.47. The highest BCUT2D eigenvalue weighted by Crippen LogP contribution is 2.26. The van der Waals surface area contributed by atoms with Gasteiger partial charge >= 0.3 is 0 Å². The molecule has 0 fully saturated rings. The van der Waals surface area contributed by atoms with Gasteiger partial charge in [-0.05, 0) is 30.7 Å². The van der Waals surface area contributed by atoms with Crippen LogP contribution in [0.5, 0.6) is 0 Å². The number of hydrogen-bond donors (Lipinski definition) is 1. The average Bonchev–Trinajstić information content (AvgIpc) is 2.41. The second-order valence-corrected chi connectivity index (χ2v) is 4.02. The van der Waals surface area contributed by atoms with E-state index in [1.807, 2.05) is 36.4 Å². The summed E-state index contributed by atoms with van der Waals surface area (Å²) in [7, 11) is 0. The van der Waals surface area contributed by atoms with E-state index in [0.717, 1.165) is 17.8 Å². The van der Waals surface area contributed by atoms with E-state index < -0.39 is 0 Å². The van der Waals surface area contributed by atoms with Gasteiger partial charge in [-0.15, -0.1) is 0 Å². The summed E-state index contributed by atoms with van der Waals surface area (Å²) in [5.74, 6) is 0. The van der Waals surface area contributed by atoms with Gasteiger partial charge in [-0.25, -0.2) is 0 Å². The summed E-state index contributed by atoms with van der Waals surface area (Å²) in [5, 5.41) is 0. The molecule has 2 N–H and O–H groups in total. The third kappa shape index (κ3) is 2.66. The standard InChI is InChI=1S/C15H18N2/c1-2-15(16)17(13-9-5-3-6-10-13)14-11-7-4-8-12-14/h3-12,15H,2,16H2,1H3.